The number of hydrogen-bond acceptors (Lipinski definition) is 1. The molecule has 12 heavy (non-hydrogen) atoms. The van der Waals surface area contributed by atoms with Crippen LogP contribution in [0.1, 0.15) is 0 Å². The third-order valence-electron chi connectivity index (χ3n) is 1.35. The highest BCUT2D eigenvalue weighted by atomic mass is 35.5. The molecule has 0 aromatic heterocycles. The van der Waals surface area contributed by atoms with E-state index in [1.54, 1.807) is 18.2 Å². The summed E-state index contributed by atoms with van der Waals surface area (Å²) in [4.78, 5) is 11.4. The molecule has 0 saturated heterocycles. The minimum absolute atomic E-state index is 0.407. The van der Waals surface area contributed by atoms with Crippen molar-refractivity contribution in [3.05, 3.63) is 35.3 Å². The van der Waals surface area contributed by atoms with Crippen LogP contribution in [0.3, 0.4) is 0 Å². The van der Waals surface area contributed by atoms with Gasteiger partial charge in [-0.2, -0.15) is 0 Å². The van der Waals surface area contributed by atoms with Crippen molar-refractivity contribution in [3.8, 4) is 0 Å². The average Bonchev–Trinajstić information content (AvgIpc) is 2.03. The summed E-state index contributed by atoms with van der Waals surface area (Å²) in [7, 11) is 3.44. The molecule has 2 nitrogen and oxygen atoms in total. The zero-order chi connectivity index (χ0) is 9.14. The van der Waals surface area contributed by atoms with E-state index in [0.29, 0.717) is 22.1 Å². The predicted octanol–water partition coefficient (Wildman–Crippen LogP) is 2.75. The lowest BCUT2D eigenvalue weighted by Crippen LogP contribution is -2.11. The first kappa shape index (κ1) is 9.36. The summed E-state index contributed by atoms with van der Waals surface area (Å²) >= 11 is 11.6. The highest BCUT2D eigenvalue weighted by Crippen LogP contribution is 2.32. The van der Waals surface area contributed by atoms with Crippen LogP contribution in [0.25, 0.3) is 0 Å². The van der Waals surface area contributed by atoms with Crippen LogP contribution >= 0.6 is 23.2 Å². The van der Waals surface area contributed by atoms with Gasteiger partial charge in [0.05, 0.1) is 15.7 Å². The van der Waals surface area contributed by atoms with Crippen LogP contribution in [-0.2, 0) is 4.79 Å². The smallest absolute Gasteiger partial charge is 0.214 e. The van der Waals surface area contributed by atoms with Crippen molar-refractivity contribution in [1.29, 1.82) is 0 Å². The van der Waals surface area contributed by atoms with Crippen LogP contribution < -0.4 is 4.90 Å². The molecule has 0 aliphatic rings. The van der Waals surface area contributed by atoms with E-state index in [0.717, 1.165) is 4.90 Å². The van der Waals surface area contributed by atoms with Gasteiger partial charge < -0.3 is 4.90 Å². The van der Waals surface area contributed by atoms with Crippen molar-refractivity contribution in [1.82, 2.24) is 0 Å². The minimum Gasteiger partial charge on any atom is -0.310 e. The van der Waals surface area contributed by atoms with Gasteiger partial charge in [-0.25, -0.2) is 0 Å². The topological polar surface area (TPSA) is 20.3 Å². The Balaban J connectivity index is 3.20. The van der Waals surface area contributed by atoms with E-state index in [9.17, 15) is 4.79 Å². The number of carbonyl (C=O) groups is 1. The van der Waals surface area contributed by atoms with E-state index in [4.69, 9.17) is 23.2 Å². The Kier molecular flexibility index (Phi) is 2.95. The number of amides is 1. The molecule has 0 unspecified atom stereocenters. The fourth-order valence-corrected chi connectivity index (χ4v) is 1.43. The quantitative estimate of drug-likeness (QED) is 0.676. The first-order valence-electron chi connectivity index (χ1n) is 3.16. The molecule has 0 fully saturated rings. The number of carbonyl (C=O) groups excluding carboxylic acids is 1. The molecule has 0 spiro atoms. The number of para-hydroxylation sites is 1. The average molecular weight is 203 g/mol. The molecule has 0 bridgehead atoms. The fourth-order valence-electron chi connectivity index (χ4n) is 0.816. The standard InChI is InChI=1S/C8H6Cl2NO/c1-11(5-12)8-6(9)3-2-4-7(8)10/h2-5H,1H2. The Labute approximate surface area is 80.7 Å². The Bertz CT molecular complexity index is 281. The minimum atomic E-state index is 0.407. The SMILES string of the molecule is [CH2]N(C=O)c1c(Cl)cccc1Cl. The normalized spacial score (nSPS) is 9.58. The zero-order valence-electron chi connectivity index (χ0n) is 6.13. The van der Waals surface area contributed by atoms with E-state index in [-0.39, 0.29) is 0 Å². The van der Waals surface area contributed by atoms with Crippen molar-refractivity contribution < 1.29 is 4.79 Å². The Hall–Kier alpha value is -0.730. The number of benzene rings is 1. The maximum Gasteiger partial charge on any atom is 0.214 e. The first-order valence-corrected chi connectivity index (χ1v) is 3.91. The Morgan fingerprint density at radius 3 is 2.25 bits per heavy atom. The Morgan fingerprint density at radius 1 is 1.33 bits per heavy atom. The van der Waals surface area contributed by atoms with Gasteiger partial charge in [0.1, 0.15) is 0 Å². The lowest BCUT2D eigenvalue weighted by atomic mass is 10.3. The second kappa shape index (κ2) is 3.78. The lowest BCUT2D eigenvalue weighted by Gasteiger charge is -2.13. The van der Waals surface area contributed by atoms with Gasteiger partial charge in [-0.15, -0.1) is 0 Å². The molecule has 0 saturated carbocycles. The van der Waals surface area contributed by atoms with Gasteiger partial charge in [-0.3, -0.25) is 4.79 Å². The van der Waals surface area contributed by atoms with Crippen molar-refractivity contribution in [2.24, 2.45) is 0 Å². The molecule has 1 amide bonds. The molecule has 1 aromatic carbocycles. The zero-order valence-corrected chi connectivity index (χ0v) is 7.64. The Morgan fingerprint density at radius 2 is 1.83 bits per heavy atom. The summed E-state index contributed by atoms with van der Waals surface area (Å²) < 4.78 is 0. The second-order valence-electron chi connectivity index (χ2n) is 2.15. The summed E-state index contributed by atoms with van der Waals surface area (Å²) in [6, 6.07) is 4.99. The first-order chi connectivity index (χ1) is 5.66. The van der Waals surface area contributed by atoms with Gasteiger partial charge in [0, 0.05) is 7.05 Å². The molecule has 63 valence electrons. The van der Waals surface area contributed by atoms with Crippen molar-refractivity contribution in [2.75, 3.05) is 4.90 Å². The van der Waals surface area contributed by atoms with Crippen LogP contribution in [0.2, 0.25) is 10.0 Å². The van der Waals surface area contributed by atoms with Gasteiger partial charge in [0.2, 0.25) is 6.41 Å². The van der Waals surface area contributed by atoms with E-state index >= 15 is 0 Å². The molecule has 0 heterocycles. The number of anilines is 1. The van der Waals surface area contributed by atoms with Gasteiger partial charge in [-0.05, 0) is 12.1 Å². The van der Waals surface area contributed by atoms with Crippen LogP contribution in [0.5, 0.6) is 0 Å². The molecule has 0 atom stereocenters. The maximum absolute atomic E-state index is 10.4. The monoisotopic (exact) mass is 202 g/mol. The van der Waals surface area contributed by atoms with Crippen LogP contribution in [0.15, 0.2) is 18.2 Å². The molecule has 1 rings (SSSR count). The molecule has 0 N–H and O–H groups in total. The van der Waals surface area contributed by atoms with Crippen LogP contribution in [0, 0.1) is 7.05 Å². The van der Waals surface area contributed by atoms with E-state index in [1.165, 1.54) is 0 Å². The molecular weight excluding hydrogens is 197 g/mol. The van der Waals surface area contributed by atoms with E-state index in [1.807, 2.05) is 0 Å². The molecule has 0 aliphatic heterocycles. The third kappa shape index (κ3) is 1.71. The number of rotatable bonds is 2. The number of nitrogens with zero attached hydrogens (tertiary/aromatic N) is 1. The third-order valence-corrected chi connectivity index (χ3v) is 1.96. The highest BCUT2D eigenvalue weighted by Gasteiger charge is 2.08. The molecule has 1 radical (unpaired) electrons. The molecule has 0 aliphatic carbocycles. The molecule has 1 aromatic rings. The van der Waals surface area contributed by atoms with Gasteiger partial charge >= 0.3 is 0 Å². The number of hydrogen-bond donors (Lipinski definition) is 0. The largest absolute Gasteiger partial charge is 0.310 e. The lowest BCUT2D eigenvalue weighted by molar-refractivity contribution is -0.107. The highest BCUT2D eigenvalue weighted by molar-refractivity contribution is 6.39. The molecule has 4 heteroatoms. The summed E-state index contributed by atoms with van der Waals surface area (Å²) in [5.41, 5.74) is 0.427. The van der Waals surface area contributed by atoms with Gasteiger partial charge in [-0.1, -0.05) is 29.3 Å². The van der Waals surface area contributed by atoms with Crippen LogP contribution in [0.4, 0.5) is 5.69 Å². The van der Waals surface area contributed by atoms with E-state index in [2.05, 4.69) is 7.05 Å². The van der Waals surface area contributed by atoms with Crippen LogP contribution in [-0.4, -0.2) is 6.41 Å². The second-order valence-corrected chi connectivity index (χ2v) is 2.96. The van der Waals surface area contributed by atoms with Gasteiger partial charge in [0.15, 0.2) is 0 Å². The van der Waals surface area contributed by atoms with E-state index < -0.39 is 0 Å². The number of halogens is 2. The fraction of sp³-hybridized carbons (Fsp3) is 0. The van der Waals surface area contributed by atoms with Crippen molar-refractivity contribution in [2.45, 2.75) is 0 Å². The van der Waals surface area contributed by atoms with Crippen molar-refractivity contribution >= 4 is 35.3 Å². The molecular formula is C8H6Cl2NO. The van der Waals surface area contributed by atoms with Crippen molar-refractivity contribution in [3.63, 3.8) is 0 Å². The summed E-state index contributed by atoms with van der Waals surface area (Å²) in [5, 5.41) is 0.814. The predicted molar refractivity (Wildman–Crippen MR) is 50.4 cm³/mol. The van der Waals surface area contributed by atoms with Gasteiger partial charge in [0.25, 0.3) is 0 Å². The summed E-state index contributed by atoms with van der Waals surface area (Å²) in [5.74, 6) is 0. The maximum atomic E-state index is 10.4. The summed E-state index contributed by atoms with van der Waals surface area (Å²) in [6.45, 7) is 0. The summed E-state index contributed by atoms with van der Waals surface area (Å²) in [6.07, 6.45) is 0.549.